The molecule has 0 N–H and O–H groups in total. The Hall–Kier alpha value is -2.07. The van der Waals surface area contributed by atoms with Crippen molar-refractivity contribution in [2.75, 3.05) is 0 Å². The van der Waals surface area contributed by atoms with Crippen LogP contribution in [-0.4, -0.2) is 34.9 Å². The van der Waals surface area contributed by atoms with E-state index in [9.17, 15) is 14.9 Å². The highest BCUT2D eigenvalue weighted by molar-refractivity contribution is 5.89. The van der Waals surface area contributed by atoms with Crippen molar-refractivity contribution in [3.63, 3.8) is 0 Å². The van der Waals surface area contributed by atoms with Gasteiger partial charge in [0, 0.05) is 36.3 Å². The van der Waals surface area contributed by atoms with Crippen molar-refractivity contribution in [3.05, 3.63) is 39.9 Å². The molecule has 1 aromatic rings. The number of non-ortho nitro benzene ring substituents is 1. The molecule has 1 aliphatic carbocycles. The zero-order chi connectivity index (χ0) is 21.3. The normalized spacial score (nSPS) is 44.2. The number of hydrogen-bond donors (Lipinski definition) is 0. The first kappa shape index (κ1) is 19.9. The smallest absolute Gasteiger partial charge is 0.340 e. The van der Waals surface area contributed by atoms with Gasteiger partial charge in [0.2, 0.25) is 12.1 Å². The molecule has 4 aliphatic heterocycles. The van der Waals surface area contributed by atoms with Crippen molar-refractivity contribution in [3.8, 4) is 0 Å². The van der Waals surface area contributed by atoms with E-state index in [1.54, 1.807) is 0 Å². The molecule has 9 nitrogen and oxygen atoms in total. The monoisotopic (exact) mass is 419 g/mol. The summed E-state index contributed by atoms with van der Waals surface area (Å²) in [7, 11) is 0. The molecule has 6 rings (SSSR count). The highest BCUT2D eigenvalue weighted by Gasteiger charge is 2.72. The number of hydrogen-bond acceptors (Lipinski definition) is 8. The van der Waals surface area contributed by atoms with E-state index in [2.05, 4.69) is 6.92 Å². The van der Waals surface area contributed by atoms with Crippen LogP contribution in [0.15, 0.2) is 24.3 Å². The minimum Gasteiger partial charge on any atom is -0.432 e. The molecule has 162 valence electrons. The number of esters is 1. The van der Waals surface area contributed by atoms with Gasteiger partial charge in [-0.25, -0.2) is 14.6 Å². The Morgan fingerprint density at radius 3 is 2.60 bits per heavy atom. The van der Waals surface area contributed by atoms with Crippen molar-refractivity contribution < 1.29 is 33.7 Å². The van der Waals surface area contributed by atoms with Crippen LogP contribution in [-0.2, 0) is 24.0 Å². The SMILES string of the molecule is C[C@H]1C(OC(=O)c2ccc([N+](=O)[O-])cc2)O[C@@H]2OC3(C)CC4[C@H](C)CCC1[C@]42OO3. The second kappa shape index (κ2) is 6.71. The van der Waals surface area contributed by atoms with Crippen LogP contribution in [0.5, 0.6) is 0 Å². The van der Waals surface area contributed by atoms with Crippen LogP contribution in [0, 0.1) is 33.8 Å². The first-order valence-corrected chi connectivity index (χ1v) is 10.4. The van der Waals surface area contributed by atoms with Crippen LogP contribution in [0.1, 0.15) is 50.4 Å². The highest BCUT2D eigenvalue weighted by Crippen LogP contribution is 2.62. The van der Waals surface area contributed by atoms with Gasteiger partial charge in [0.15, 0.2) is 11.9 Å². The largest absolute Gasteiger partial charge is 0.432 e. The molecule has 0 aromatic heterocycles. The van der Waals surface area contributed by atoms with E-state index in [4.69, 9.17) is 24.0 Å². The molecule has 4 heterocycles. The van der Waals surface area contributed by atoms with E-state index in [1.807, 2.05) is 13.8 Å². The molecule has 1 aromatic carbocycles. The van der Waals surface area contributed by atoms with Crippen molar-refractivity contribution in [2.24, 2.45) is 23.7 Å². The quantitative estimate of drug-likeness (QED) is 0.317. The summed E-state index contributed by atoms with van der Waals surface area (Å²) in [6, 6.07) is 5.31. The molecule has 4 unspecified atom stereocenters. The number of fused-ring (bicyclic) bond motifs is 1. The van der Waals surface area contributed by atoms with Gasteiger partial charge in [0.05, 0.1) is 10.5 Å². The van der Waals surface area contributed by atoms with E-state index in [0.717, 1.165) is 19.3 Å². The lowest BCUT2D eigenvalue weighted by molar-refractivity contribution is -0.614. The summed E-state index contributed by atoms with van der Waals surface area (Å²) in [6.45, 7) is 6.05. The lowest BCUT2D eigenvalue weighted by Crippen LogP contribution is -2.76. The van der Waals surface area contributed by atoms with E-state index in [0.29, 0.717) is 5.92 Å². The van der Waals surface area contributed by atoms with Crippen molar-refractivity contribution >= 4 is 11.7 Å². The predicted octanol–water partition coefficient (Wildman–Crippen LogP) is 3.57. The van der Waals surface area contributed by atoms with Gasteiger partial charge in [0.25, 0.3) is 5.69 Å². The van der Waals surface area contributed by atoms with Gasteiger partial charge in [-0.2, -0.15) is 0 Å². The molecule has 1 saturated carbocycles. The summed E-state index contributed by atoms with van der Waals surface area (Å²) >= 11 is 0. The number of nitro benzene ring substituents is 1. The van der Waals surface area contributed by atoms with E-state index in [1.165, 1.54) is 24.3 Å². The molecule has 5 fully saturated rings. The van der Waals surface area contributed by atoms with Crippen molar-refractivity contribution in [1.82, 2.24) is 0 Å². The van der Waals surface area contributed by atoms with Crippen LogP contribution in [0.25, 0.3) is 0 Å². The van der Waals surface area contributed by atoms with Gasteiger partial charge in [-0.05, 0) is 37.8 Å². The number of carbonyl (C=O) groups excluding carboxylic acids is 1. The standard InChI is InChI=1S/C21H25NO8/c1-11-4-9-15-12(2)18(26-17(23)13-5-7-14(8-6-13)22(24)25)27-19-21(15)16(11)10-20(3,28-19)29-30-21/h5-8,11-12,15-16,18-19H,4,9-10H2,1-3H3/t11-,12-,15?,16?,18?,19-,20?,21+/m1/s1. The Balaban J connectivity index is 1.39. The van der Waals surface area contributed by atoms with Crippen LogP contribution >= 0.6 is 0 Å². The summed E-state index contributed by atoms with van der Waals surface area (Å²) < 4.78 is 18.0. The van der Waals surface area contributed by atoms with Gasteiger partial charge >= 0.3 is 5.97 Å². The summed E-state index contributed by atoms with van der Waals surface area (Å²) in [6.07, 6.45) is 1.19. The first-order chi connectivity index (χ1) is 14.2. The summed E-state index contributed by atoms with van der Waals surface area (Å²) in [5, 5.41) is 10.8. The van der Waals surface area contributed by atoms with E-state index >= 15 is 0 Å². The highest BCUT2D eigenvalue weighted by atomic mass is 17.3. The van der Waals surface area contributed by atoms with Crippen molar-refractivity contribution in [2.45, 2.75) is 64.0 Å². The Labute approximate surface area is 173 Å². The Morgan fingerprint density at radius 2 is 1.90 bits per heavy atom. The first-order valence-electron chi connectivity index (χ1n) is 10.4. The second-order valence-corrected chi connectivity index (χ2v) is 9.15. The maximum atomic E-state index is 12.7. The van der Waals surface area contributed by atoms with E-state index < -0.39 is 34.9 Å². The lowest BCUT2D eigenvalue weighted by atomic mass is 9.56. The van der Waals surface area contributed by atoms with E-state index in [-0.39, 0.29) is 29.0 Å². The molecule has 0 amide bonds. The average molecular weight is 419 g/mol. The molecule has 2 bridgehead atoms. The van der Waals surface area contributed by atoms with Crippen LogP contribution in [0.3, 0.4) is 0 Å². The Morgan fingerprint density at radius 1 is 1.17 bits per heavy atom. The van der Waals surface area contributed by atoms with Gasteiger partial charge in [-0.3, -0.25) is 10.1 Å². The fourth-order valence-corrected chi connectivity index (χ4v) is 5.71. The predicted molar refractivity (Wildman–Crippen MR) is 101 cm³/mol. The number of carbonyl (C=O) groups is 1. The average Bonchev–Trinajstić information content (AvgIpc) is 2.72. The molecule has 0 radical (unpaired) electrons. The number of benzene rings is 1. The van der Waals surface area contributed by atoms with Gasteiger partial charge < -0.3 is 14.2 Å². The molecule has 5 aliphatic rings. The molecular weight excluding hydrogens is 394 g/mol. The fourth-order valence-electron chi connectivity index (χ4n) is 5.71. The topological polar surface area (TPSA) is 106 Å². The summed E-state index contributed by atoms with van der Waals surface area (Å²) in [5.74, 6) is -0.873. The molecule has 8 atom stereocenters. The molecule has 4 saturated heterocycles. The molecule has 1 spiro atoms. The summed E-state index contributed by atoms with van der Waals surface area (Å²) in [4.78, 5) is 34.6. The zero-order valence-corrected chi connectivity index (χ0v) is 17.1. The van der Waals surface area contributed by atoms with Crippen LogP contribution in [0.4, 0.5) is 5.69 Å². The molecule has 30 heavy (non-hydrogen) atoms. The number of rotatable bonds is 3. The molecular formula is C21H25NO8. The third kappa shape index (κ3) is 2.80. The maximum absolute atomic E-state index is 12.7. The maximum Gasteiger partial charge on any atom is 0.340 e. The van der Waals surface area contributed by atoms with Crippen LogP contribution < -0.4 is 0 Å². The summed E-state index contributed by atoms with van der Waals surface area (Å²) in [5.41, 5.74) is -0.565. The third-order valence-electron chi connectivity index (χ3n) is 7.32. The minimum absolute atomic E-state index is 0.0527. The second-order valence-electron chi connectivity index (χ2n) is 9.15. The number of ether oxygens (including phenoxy) is 3. The Kier molecular flexibility index (Phi) is 4.45. The fraction of sp³-hybridized carbons (Fsp3) is 0.667. The van der Waals surface area contributed by atoms with Gasteiger partial charge in [-0.1, -0.05) is 13.8 Å². The van der Waals surface area contributed by atoms with Gasteiger partial charge in [0.1, 0.15) is 0 Å². The van der Waals surface area contributed by atoms with Crippen molar-refractivity contribution in [1.29, 1.82) is 0 Å². The van der Waals surface area contributed by atoms with Gasteiger partial charge in [-0.15, -0.1) is 0 Å². The Bertz CT molecular complexity index is 874. The van der Waals surface area contributed by atoms with Crippen LogP contribution in [0.2, 0.25) is 0 Å². The third-order valence-corrected chi connectivity index (χ3v) is 7.32. The minimum atomic E-state index is -0.888. The number of nitrogens with zero attached hydrogens (tertiary/aromatic N) is 1. The zero-order valence-electron chi connectivity index (χ0n) is 17.1. The molecule has 9 heteroatoms. The number of nitro groups is 1. The lowest BCUT2D eigenvalue weighted by Gasteiger charge is -2.66.